The Morgan fingerprint density at radius 2 is 2.23 bits per heavy atom. The van der Waals surface area contributed by atoms with Crippen LogP contribution in [0, 0.1) is 0 Å². The molecule has 0 aliphatic heterocycles. The molecule has 0 spiro atoms. The topological polar surface area (TPSA) is 42.1 Å². The average Bonchev–Trinajstić information content (AvgIpc) is 2.17. The number of rotatable bonds is 3. The van der Waals surface area contributed by atoms with Crippen molar-refractivity contribution in [3.8, 4) is 0 Å². The zero-order valence-electron chi connectivity index (χ0n) is 8.49. The molecule has 1 aromatic rings. The SMILES string of the molecule is CCN(C)c1ccc([C@@H](C)N)nc1. The van der Waals surface area contributed by atoms with Crippen LogP contribution >= 0.6 is 0 Å². The molecule has 1 rings (SSSR count). The fourth-order valence-corrected chi connectivity index (χ4v) is 1.08. The summed E-state index contributed by atoms with van der Waals surface area (Å²) in [7, 11) is 2.04. The van der Waals surface area contributed by atoms with Crippen LogP contribution in [-0.2, 0) is 0 Å². The molecule has 0 unspecified atom stereocenters. The molecule has 3 nitrogen and oxygen atoms in total. The van der Waals surface area contributed by atoms with Crippen molar-refractivity contribution in [1.29, 1.82) is 0 Å². The number of hydrogen-bond acceptors (Lipinski definition) is 3. The largest absolute Gasteiger partial charge is 0.374 e. The number of nitrogens with zero attached hydrogens (tertiary/aromatic N) is 2. The van der Waals surface area contributed by atoms with E-state index in [0.717, 1.165) is 17.9 Å². The molecule has 1 atom stereocenters. The number of pyridine rings is 1. The summed E-state index contributed by atoms with van der Waals surface area (Å²) in [5, 5.41) is 0. The molecule has 0 saturated heterocycles. The molecule has 0 aliphatic carbocycles. The molecular weight excluding hydrogens is 162 g/mol. The molecule has 0 radical (unpaired) electrons. The normalized spacial score (nSPS) is 12.6. The van der Waals surface area contributed by atoms with Crippen LogP contribution in [0.25, 0.3) is 0 Å². The second-order valence-corrected chi connectivity index (χ2v) is 3.24. The van der Waals surface area contributed by atoms with Gasteiger partial charge in [0.1, 0.15) is 0 Å². The van der Waals surface area contributed by atoms with E-state index >= 15 is 0 Å². The Morgan fingerprint density at radius 1 is 1.54 bits per heavy atom. The van der Waals surface area contributed by atoms with E-state index in [9.17, 15) is 0 Å². The lowest BCUT2D eigenvalue weighted by Crippen LogP contribution is -2.16. The zero-order chi connectivity index (χ0) is 9.84. The van der Waals surface area contributed by atoms with Gasteiger partial charge in [0.2, 0.25) is 0 Å². The summed E-state index contributed by atoms with van der Waals surface area (Å²) in [5.74, 6) is 0. The highest BCUT2D eigenvalue weighted by Crippen LogP contribution is 2.13. The Kier molecular flexibility index (Phi) is 3.25. The third-order valence-corrected chi connectivity index (χ3v) is 2.15. The van der Waals surface area contributed by atoms with Gasteiger partial charge in [-0.3, -0.25) is 4.98 Å². The van der Waals surface area contributed by atoms with Gasteiger partial charge in [0.05, 0.1) is 17.6 Å². The summed E-state index contributed by atoms with van der Waals surface area (Å²) in [4.78, 5) is 6.42. The van der Waals surface area contributed by atoms with Gasteiger partial charge in [-0.2, -0.15) is 0 Å². The van der Waals surface area contributed by atoms with E-state index in [-0.39, 0.29) is 6.04 Å². The number of nitrogens with two attached hydrogens (primary N) is 1. The zero-order valence-corrected chi connectivity index (χ0v) is 8.49. The highest BCUT2D eigenvalue weighted by Gasteiger charge is 2.02. The van der Waals surface area contributed by atoms with E-state index < -0.39 is 0 Å². The lowest BCUT2D eigenvalue weighted by Gasteiger charge is -2.16. The molecule has 3 heteroatoms. The third kappa shape index (κ3) is 2.42. The minimum Gasteiger partial charge on any atom is -0.374 e. The lowest BCUT2D eigenvalue weighted by atomic mass is 10.2. The first-order valence-corrected chi connectivity index (χ1v) is 4.57. The lowest BCUT2D eigenvalue weighted by molar-refractivity contribution is 0.779. The summed E-state index contributed by atoms with van der Waals surface area (Å²) < 4.78 is 0. The van der Waals surface area contributed by atoms with Gasteiger partial charge in [-0.15, -0.1) is 0 Å². The first kappa shape index (κ1) is 9.99. The van der Waals surface area contributed by atoms with Crippen molar-refractivity contribution in [2.75, 3.05) is 18.5 Å². The van der Waals surface area contributed by atoms with Crippen molar-refractivity contribution in [3.63, 3.8) is 0 Å². The van der Waals surface area contributed by atoms with E-state index in [1.807, 2.05) is 26.2 Å². The van der Waals surface area contributed by atoms with Crippen LogP contribution in [0.5, 0.6) is 0 Å². The van der Waals surface area contributed by atoms with Crippen LogP contribution in [0.4, 0.5) is 5.69 Å². The van der Waals surface area contributed by atoms with Crippen molar-refractivity contribution in [2.45, 2.75) is 19.9 Å². The molecule has 0 amide bonds. The van der Waals surface area contributed by atoms with Crippen molar-refractivity contribution < 1.29 is 0 Å². The van der Waals surface area contributed by atoms with Gasteiger partial charge in [0, 0.05) is 19.6 Å². The molecule has 1 aromatic heterocycles. The molecule has 0 fully saturated rings. The van der Waals surface area contributed by atoms with Crippen molar-refractivity contribution >= 4 is 5.69 Å². The predicted molar refractivity (Wildman–Crippen MR) is 55.8 cm³/mol. The van der Waals surface area contributed by atoms with E-state index in [2.05, 4.69) is 22.9 Å². The highest BCUT2D eigenvalue weighted by atomic mass is 15.1. The predicted octanol–water partition coefficient (Wildman–Crippen LogP) is 1.56. The van der Waals surface area contributed by atoms with Crippen LogP contribution in [0.1, 0.15) is 25.6 Å². The van der Waals surface area contributed by atoms with Gasteiger partial charge in [-0.25, -0.2) is 0 Å². The first-order valence-electron chi connectivity index (χ1n) is 4.57. The molecule has 1 heterocycles. The monoisotopic (exact) mass is 179 g/mol. The van der Waals surface area contributed by atoms with Gasteiger partial charge < -0.3 is 10.6 Å². The van der Waals surface area contributed by atoms with Crippen molar-refractivity contribution in [1.82, 2.24) is 4.98 Å². The molecular formula is C10H17N3. The molecule has 13 heavy (non-hydrogen) atoms. The van der Waals surface area contributed by atoms with Gasteiger partial charge in [0.25, 0.3) is 0 Å². The molecule has 0 saturated carbocycles. The van der Waals surface area contributed by atoms with Crippen LogP contribution in [-0.4, -0.2) is 18.6 Å². The number of anilines is 1. The van der Waals surface area contributed by atoms with E-state index in [1.165, 1.54) is 0 Å². The third-order valence-electron chi connectivity index (χ3n) is 2.15. The summed E-state index contributed by atoms with van der Waals surface area (Å²) >= 11 is 0. The van der Waals surface area contributed by atoms with Crippen LogP contribution in [0.3, 0.4) is 0 Å². The van der Waals surface area contributed by atoms with Gasteiger partial charge in [-0.05, 0) is 26.0 Å². The number of hydrogen-bond donors (Lipinski definition) is 1. The van der Waals surface area contributed by atoms with Gasteiger partial charge >= 0.3 is 0 Å². The Morgan fingerprint density at radius 3 is 2.62 bits per heavy atom. The molecule has 0 aromatic carbocycles. The Hall–Kier alpha value is -1.09. The maximum atomic E-state index is 5.70. The van der Waals surface area contributed by atoms with Crippen LogP contribution in [0.15, 0.2) is 18.3 Å². The van der Waals surface area contributed by atoms with Crippen molar-refractivity contribution in [2.24, 2.45) is 5.73 Å². The summed E-state index contributed by atoms with van der Waals surface area (Å²) in [6.45, 7) is 5.03. The van der Waals surface area contributed by atoms with E-state index in [1.54, 1.807) is 0 Å². The van der Waals surface area contributed by atoms with Crippen LogP contribution in [0.2, 0.25) is 0 Å². The molecule has 2 N–H and O–H groups in total. The molecule has 72 valence electrons. The van der Waals surface area contributed by atoms with E-state index in [0.29, 0.717) is 0 Å². The maximum Gasteiger partial charge on any atom is 0.0569 e. The highest BCUT2D eigenvalue weighted by molar-refractivity contribution is 5.43. The minimum absolute atomic E-state index is 0.0148. The Bertz CT molecular complexity index is 253. The summed E-state index contributed by atoms with van der Waals surface area (Å²) in [6.07, 6.45) is 1.86. The molecule has 0 bridgehead atoms. The first-order chi connectivity index (χ1) is 6.15. The second-order valence-electron chi connectivity index (χ2n) is 3.24. The second kappa shape index (κ2) is 4.23. The van der Waals surface area contributed by atoms with Crippen LogP contribution < -0.4 is 10.6 Å². The average molecular weight is 179 g/mol. The van der Waals surface area contributed by atoms with Gasteiger partial charge in [-0.1, -0.05) is 0 Å². The van der Waals surface area contributed by atoms with Crippen molar-refractivity contribution in [3.05, 3.63) is 24.0 Å². The molecule has 0 aliphatic rings. The fraction of sp³-hybridized carbons (Fsp3) is 0.500. The fourth-order valence-electron chi connectivity index (χ4n) is 1.08. The van der Waals surface area contributed by atoms with E-state index in [4.69, 9.17) is 5.73 Å². The smallest absolute Gasteiger partial charge is 0.0569 e. The Balaban J connectivity index is 2.81. The Labute approximate surface area is 79.6 Å². The quantitative estimate of drug-likeness (QED) is 0.765. The number of aromatic nitrogens is 1. The maximum absolute atomic E-state index is 5.70. The minimum atomic E-state index is 0.0148. The summed E-state index contributed by atoms with van der Waals surface area (Å²) in [5.41, 5.74) is 7.77. The van der Waals surface area contributed by atoms with Gasteiger partial charge in [0.15, 0.2) is 0 Å². The standard InChI is InChI=1S/C10H17N3/c1-4-13(3)9-5-6-10(8(2)11)12-7-9/h5-8H,4,11H2,1-3H3/t8-/m1/s1. The summed E-state index contributed by atoms with van der Waals surface area (Å²) in [6, 6.07) is 4.04.